The Balaban J connectivity index is 1.32. The van der Waals surface area contributed by atoms with Crippen LogP contribution in [0.3, 0.4) is 0 Å². The summed E-state index contributed by atoms with van der Waals surface area (Å²) in [5.41, 5.74) is 3.33. The van der Waals surface area contributed by atoms with Crippen LogP contribution in [-0.2, 0) is 30.8 Å². The summed E-state index contributed by atoms with van der Waals surface area (Å²) in [4.78, 5) is 20.5. The van der Waals surface area contributed by atoms with Crippen molar-refractivity contribution in [3.63, 3.8) is 0 Å². The third kappa shape index (κ3) is 3.97. The topological polar surface area (TPSA) is 42.4 Å². The number of aryl methyl sites for hydroxylation is 1. The fourth-order valence-electron chi connectivity index (χ4n) is 3.00. The molecule has 2 aromatic heterocycles. The summed E-state index contributed by atoms with van der Waals surface area (Å²) in [5, 5.41) is 4.97. The maximum Gasteiger partial charge on any atom is 0.228 e. The summed E-state index contributed by atoms with van der Waals surface area (Å²) in [6.45, 7) is 4.02. The van der Waals surface area contributed by atoms with Crippen LogP contribution in [0.25, 0.3) is 0 Å². The Kier molecular flexibility index (Phi) is 5.04. The molecule has 4 rings (SSSR count). The molecule has 3 heterocycles. The minimum absolute atomic E-state index is 0.151. The van der Waals surface area contributed by atoms with Gasteiger partial charge in [-0.15, -0.1) is 22.7 Å². The average Bonchev–Trinajstić information content (AvgIpc) is 3.29. The molecule has 0 bridgehead atoms. The van der Waals surface area contributed by atoms with Crippen LogP contribution < -0.4 is 4.74 Å². The molecular weight excluding hydrogens is 364 g/mol. The zero-order valence-electron chi connectivity index (χ0n) is 14.6. The van der Waals surface area contributed by atoms with Gasteiger partial charge in [0.15, 0.2) is 0 Å². The van der Waals surface area contributed by atoms with Gasteiger partial charge in [-0.3, -0.25) is 4.79 Å². The van der Waals surface area contributed by atoms with E-state index >= 15 is 0 Å². The predicted molar refractivity (Wildman–Crippen MR) is 105 cm³/mol. The molecule has 4 nitrogen and oxygen atoms in total. The first kappa shape index (κ1) is 17.2. The fraction of sp³-hybridized carbons (Fsp3) is 0.300. The Morgan fingerprint density at radius 2 is 2.08 bits per heavy atom. The monoisotopic (exact) mass is 384 g/mol. The van der Waals surface area contributed by atoms with Gasteiger partial charge in [0.05, 0.1) is 12.1 Å². The molecule has 0 radical (unpaired) electrons. The van der Waals surface area contributed by atoms with Crippen LogP contribution in [0.15, 0.2) is 41.1 Å². The number of carbonyl (C=O) groups excluding carboxylic acids is 1. The molecule has 0 N–H and O–H groups in total. The summed E-state index contributed by atoms with van der Waals surface area (Å²) in [5.74, 6) is 0.987. The van der Waals surface area contributed by atoms with Gasteiger partial charge < -0.3 is 9.64 Å². The molecule has 0 aliphatic carbocycles. The predicted octanol–water partition coefficient (Wildman–Crippen LogP) is 4.22. The molecule has 26 heavy (non-hydrogen) atoms. The molecule has 134 valence electrons. The summed E-state index contributed by atoms with van der Waals surface area (Å²) >= 11 is 3.33. The number of thiazole rings is 1. The van der Waals surface area contributed by atoms with E-state index in [-0.39, 0.29) is 5.91 Å². The van der Waals surface area contributed by atoms with Crippen LogP contribution in [0.1, 0.15) is 26.7 Å². The van der Waals surface area contributed by atoms with Crippen LogP contribution in [0.4, 0.5) is 0 Å². The molecule has 1 aliphatic rings. The van der Waals surface area contributed by atoms with Crippen molar-refractivity contribution in [2.24, 2.45) is 0 Å². The lowest BCUT2D eigenvalue weighted by atomic mass is 10.1. The highest BCUT2D eigenvalue weighted by molar-refractivity contribution is 7.10. The summed E-state index contributed by atoms with van der Waals surface area (Å²) in [6.07, 6.45) is 1.33. The minimum Gasteiger partial charge on any atom is -0.486 e. The lowest BCUT2D eigenvalue weighted by Crippen LogP contribution is -2.36. The zero-order valence-corrected chi connectivity index (χ0v) is 16.2. The summed E-state index contributed by atoms with van der Waals surface area (Å²) < 4.78 is 5.77. The van der Waals surface area contributed by atoms with Gasteiger partial charge in [-0.25, -0.2) is 4.98 Å². The first-order valence-electron chi connectivity index (χ1n) is 8.63. The van der Waals surface area contributed by atoms with Crippen molar-refractivity contribution in [1.82, 2.24) is 9.88 Å². The third-order valence-corrected chi connectivity index (χ3v) is 6.37. The van der Waals surface area contributed by atoms with E-state index in [1.807, 2.05) is 34.5 Å². The standard InChI is InChI=1S/C20H20N2O2S2/c1-14-2-4-17(5-3-14)24-12-19-21-16(13-26-19)10-20(23)22-8-6-18-15(11-22)7-9-25-18/h2-5,7,9,13H,6,8,10-12H2,1H3. The normalized spacial score (nSPS) is 13.5. The molecule has 0 unspecified atom stereocenters. The Labute approximate surface area is 161 Å². The average molecular weight is 385 g/mol. The first-order valence-corrected chi connectivity index (χ1v) is 10.4. The highest BCUT2D eigenvalue weighted by atomic mass is 32.1. The van der Waals surface area contributed by atoms with Crippen molar-refractivity contribution in [3.05, 3.63) is 67.8 Å². The van der Waals surface area contributed by atoms with Crippen molar-refractivity contribution in [2.45, 2.75) is 32.9 Å². The van der Waals surface area contributed by atoms with E-state index < -0.39 is 0 Å². The van der Waals surface area contributed by atoms with E-state index in [0.717, 1.165) is 36.0 Å². The molecule has 1 aliphatic heterocycles. The maximum atomic E-state index is 12.6. The van der Waals surface area contributed by atoms with E-state index in [1.54, 1.807) is 22.7 Å². The molecule has 0 fully saturated rings. The van der Waals surface area contributed by atoms with Gasteiger partial charge in [0, 0.05) is 23.3 Å². The quantitative estimate of drug-likeness (QED) is 0.661. The van der Waals surface area contributed by atoms with Gasteiger partial charge in [-0.1, -0.05) is 17.7 Å². The molecule has 0 saturated carbocycles. The summed E-state index contributed by atoms with van der Waals surface area (Å²) in [7, 11) is 0. The van der Waals surface area contributed by atoms with Crippen molar-refractivity contribution < 1.29 is 9.53 Å². The van der Waals surface area contributed by atoms with E-state index in [1.165, 1.54) is 16.0 Å². The number of ether oxygens (including phenoxy) is 1. The Morgan fingerprint density at radius 1 is 1.23 bits per heavy atom. The Morgan fingerprint density at radius 3 is 2.92 bits per heavy atom. The summed E-state index contributed by atoms with van der Waals surface area (Å²) in [6, 6.07) is 10.1. The lowest BCUT2D eigenvalue weighted by molar-refractivity contribution is -0.131. The van der Waals surface area contributed by atoms with E-state index in [9.17, 15) is 4.79 Å². The highest BCUT2D eigenvalue weighted by Crippen LogP contribution is 2.24. The van der Waals surface area contributed by atoms with Gasteiger partial charge >= 0.3 is 0 Å². The van der Waals surface area contributed by atoms with Crippen LogP contribution >= 0.6 is 22.7 Å². The second kappa shape index (κ2) is 7.60. The third-order valence-electron chi connectivity index (χ3n) is 4.48. The molecule has 0 saturated heterocycles. The van der Waals surface area contributed by atoms with Crippen LogP contribution in [-0.4, -0.2) is 22.3 Å². The molecule has 0 atom stereocenters. The van der Waals surface area contributed by atoms with Gasteiger partial charge in [-0.2, -0.15) is 0 Å². The number of nitrogens with zero attached hydrogens (tertiary/aromatic N) is 2. The smallest absolute Gasteiger partial charge is 0.228 e. The van der Waals surface area contributed by atoms with Crippen LogP contribution in [0, 0.1) is 6.92 Å². The SMILES string of the molecule is Cc1ccc(OCc2nc(CC(=O)N3CCc4sccc4C3)cs2)cc1. The number of fused-ring (bicyclic) bond motifs is 1. The van der Waals surface area contributed by atoms with Crippen molar-refractivity contribution in [1.29, 1.82) is 0 Å². The fourth-order valence-corrected chi connectivity index (χ4v) is 4.60. The number of hydrogen-bond acceptors (Lipinski definition) is 5. The van der Waals surface area contributed by atoms with E-state index in [0.29, 0.717) is 13.0 Å². The molecule has 3 aromatic rings. The minimum atomic E-state index is 0.151. The number of carbonyl (C=O) groups is 1. The number of aromatic nitrogens is 1. The van der Waals surface area contributed by atoms with Crippen molar-refractivity contribution in [3.8, 4) is 5.75 Å². The first-order chi connectivity index (χ1) is 12.7. The van der Waals surface area contributed by atoms with Gasteiger partial charge in [0.1, 0.15) is 17.4 Å². The Hall–Kier alpha value is -2.18. The highest BCUT2D eigenvalue weighted by Gasteiger charge is 2.22. The van der Waals surface area contributed by atoms with Crippen LogP contribution in [0.2, 0.25) is 0 Å². The second-order valence-corrected chi connectivity index (χ2v) is 8.39. The Bertz CT molecular complexity index is 899. The largest absolute Gasteiger partial charge is 0.486 e. The van der Waals surface area contributed by atoms with E-state index in [2.05, 4.69) is 23.4 Å². The van der Waals surface area contributed by atoms with Gasteiger partial charge in [0.2, 0.25) is 5.91 Å². The van der Waals surface area contributed by atoms with Crippen molar-refractivity contribution in [2.75, 3.05) is 6.54 Å². The number of hydrogen-bond donors (Lipinski definition) is 0. The van der Waals surface area contributed by atoms with Gasteiger partial charge in [0.25, 0.3) is 0 Å². The zero-order chi connectivity index (χ0) is 17.9. The number of thiophene rings is 1. The van der Waals surface area contributed by atoms with Gasteiger partial charge in [-0.05, 0) is 42.5 Å². The molecule has 1 aromatic carbocycles. The van der Waals surface area contributed by atoms with E-state index in [4.69, 9.17) is 4.74 Å². The number of rotatable bonds is 5. The molecular formula is C20H20N2O2S2. The molecule has 6 heteroatoms. The molecule has 0 spiro atoms. The maximum absolute atomic E-state index is 12.6. The second-order valence-electron chi connectivity index (χ2n) is 6.45. The lowest BCUT2D eigenvalue weighted by Gasteiger charge is -2.26. The van der Waals surface area contributed by atoms with Crippen molar-refractivity contribution >= 4 is 28.6 Å². The number of amides is 1. The van der Waals surface area contributed by atoms with Crippen LogP contribution in [0.5, 0.6) is 5.75 Å². The molecule has 1 amide bonds. The number of benzene rings is 1.